The van der Waals surface area contributed by atoms with Gasteiger partial charge in [0.2, 0.25) is 5.91 Å². The lowest BCUT2D eigenvalue weighted by Gasteiger charge is -2.22. The Morgan fingerprint density at radius 3 is 2.12 bits per heavy atom. The first-order valence-corrected chi connectivity index (χ1v) is 11.2. The molecule has 3 atom stereocenters. The van der Waals surface area contributed by atoms with Crippen molar-refractivity contribution in [2.24, 2.45) is 11.8 Å². The molecular weight excluding hydrogens is 424 g/mol. The van der Waals surface area contributed by atoms with E-state index in [9.17, 15) is 19.5 Å². The Bertz CT molecular complexity index is 1010. The maximum atomic E-state index is 12.4. The summed E-state index contributed by atoms with van der Waals surface area (Å²) in [6, 6.07) is 15.6. The van der Waals surface area contributed by atoms with Crippen molar-refractivity contribution in [2.45, 2.75) is 44.8 Å². The second-order valence-corrected chi connectivity index (χ2v) is 8.73. The molecule has 174 valence electrons. The van der Waals surface area contributed by atoms with Gasteiger partial charge in [-0.2, -0.15) is 0 Å². The first-order valence-electron chi connectivity index (χ1n) is 11.2. The fourth-order valence-electron chi connectivity index (χ4n) is 4.14. The van der Waals surface area contributed by atoms with Crippen molar-refractivity contribution >= 4 is 18.0 Å². The van der Waals surface area contributed by atoms with Crippen LogP contribution in [-0.2, 0) is 19.2 Å². The van der Waals surface area contributed by atoms with Crippen LogP contribution in [0.25, 0.3) is 11.1 Å². The van der Waals surface area contributed by atoms with Crippen molar-refractivity contribution in [3.8, 4) is 11.1 Å². The molecule has 0 heterocycles. The van der Waals surface area contributed by atoms with E-state index in [1.165, 1.54) is 0 Å². The number of carbonyl (C=O) groups is 3. The van der Waals surface area contributed by atoms with E-state index in [0.717, 1.165) is 35.1 Å². The van der Waals surface area contributed by atoms with Crippen LogP contribution in [0.4, 0.5) is 4.79 Å². The molecule has 0 aliphatic heterocycles. The molecule has 2 aliphatic rings. The number of fused-ring (bicyclic) bond motifs is 3. The fraction of sp³-hybridized carbons (Fsp3) is 0.400. The van der Waals surface area contributed by atoms with Gasteiger partial charge in [0.25, 0.3) is 0 Å². The van der Waals surface area contributed by atoms with Gasteiger partial charge in [0.05, 0.1) is 5.92 Å². The van der Waals surface area contributed by atoms with Crippen LogP contribution in [0.3, 0.4) is 0 Å². The molecule has 2 aromatic rings. The van der Waals surface area contributed by atoms with E-state index in [1.807, 2.05) is 36.4 Å². The van der Waals surface area contributed by atoms with E-state index in [1.54, 1.807) is 13.8 Å². The third-order valence-corrected chi connectivity index (χ3v) is 6.43. The van der Waals surface area contributed by atoms with Crippen LogP contribution < -0.4 is 10.8 Å². The van der Waals surface area contributed by atoms with Crippen molar-refractivity contribution in [3.05, 3.63) is 59.7 Å². The number of hydrogen-bond donors (Lipinski definition) is 3. The van der Waals surface area contributed by atoms with E-state index in [-0.39, 0.29) is 18.4 Å². The Labute approximate surface area is 192 Å². The lowest BCUT2D eigenvalue weighted by molar-refractivity contribution is -0.163. The smallest absolute Gasteiger partial charge is 0.407 e. The van der Waals surface area contributed by atoms with Gasteiger partial charge in [-0.3, -0.25) is 9.63 Å². The number of alkyl carbamates (subject to hydrolysis) is 1. The highest BCUT2D eigenvalue weighted by Crippen LogP contribution is 2.44. The zero-order chi connectivity index (χ0) is 23.5. The molecule has 1 saturated carbocycles. The molecule has 2 aliphatic carbocycles. The molecule has 3 N–H and O–H groups in total. The summed E-state index contributed by atoms with van der Waals surface area (Å²) in [6.45, 7) is 3.49. The lowest BCUT2D eigenvalue weighted by atomic mass is 9.98. The molecule has 1 fully saturated rings. The monoisotopic (exact) mass is 452 g/mol. The summed E-state index contributed by atoms with van der Waals surface area (Å²) in [5, 5.41) is 11.9. The predicted octanol–water partition coefficient (Wildman–Crippen LogP) is 3.46. The molecule has 0 saturated heterocycles. The average molecular weight is 453 g/mol. The summed E-state index contributed by atoms with van der Waals surface area (Å²) >= 11 is 0. The molecule has 8 nitrogen and oxygen atoms in total. The molecule has 0 radical (unpaired) electrons. The molecule has 0 bridgehead atoms. The van der Waals surface area contributed by atoms with Gasteiger partial charge in [-0.05, 0) is 47.9 Å². The maximum Gasteiger partial charge on any atom is 0.407 e. The Hall–Kier alpha value is -3.39. The van der Waals surface area contributed by atoms with Crippen LogP contribution in [0.5, 0.6) is 0 Å². The largest absolute Gasteiger partial charge is 0.479 e. The van der Waals surface area contributed by atoms with Crippen LogP contribution in [-0.4, -0.2) is 41.8 Å². The van der Waals surface area contributed by atoms with Crippen LogP contribution in [0.2, 0.25) is 0 Å². The number of carboxylic acid groups (broad SMARTS) is 1. The quantitative estimate of drug-likeness (QED) is 0.502. The number of ether oxygens (including phenoxy) is 1. The van der Waals surface area contributed by atoms with Gasteiger partial charge in [0.15, 0.2) is 6.10 Å². The van der Waals surface area contributed by atoms with Gasteiger partial charge < -0.3 is 15.2 Å². The normalized spacial score (nSPS) is 17.3. The molecule has 0 aromatic heterocycles. The van der Waals surface area contributed by atoms with E-state index in [4.69, 9.17) is 9.57 Å². The molecule has 4 rings (SSSR count). The topological polar surface area (TPSA) is 114 Å². The van der Waals surface area contributed by atoms with Gasteiger partial charge in [0, 0.05) is 12.0 Å². The summed E-state index contributed by atoms with van der Waals surface area (Å²) in [7, 11) is 0. The number of hydrogen-bond acceptors (Lipinski definition) is 5. The van der Waals surface area contributed by atoms with Crippen LogP contribution in [0.15, 0.2) is 48.5 Å². The summed E-state index contributed by atoms with van der Waals surface area (Å²) < 4.78 is 5.52. The minimum Gasteiger partial charge on any atom is -0.479 e. The van der Waals surface area contributed by atoms with E-state index < -0.39 is 36.0 Å². The Morgan fingerprint density at radius 1 is 1.00 bits per heavy atom. The van der Waals surface area contributed by atoms with Crippen LogP contribution in [0, 0.1) is 11.8 Å². The Kier molecular flexibility index (Phi) is 6.65. The number of hydroxylamine groups is 1. The first kappa shape index (κ1) is 22.8. The summed E-state index contributed by atoms with van der Waals surface area (Å²) in [5.74, 6) is -2.39. The predicted molar refractivity (Wildman–Crippen MR) is 120 cm³/mol. The highest BCUT2D eigenvalue weighted by Gasteiger charge is 2.38. The third-order valence-electron chi connectivity index (χ3n) is 6.43. The molecule has 2 amide bonds. The number of rotatable bonds is 9. The van der Waals surface area contributed by atoms with Crippen molar-refractivity contribution in [1.29, 1.82) is 0 Å². The summed E-state index contributed by atoms with van der Waals surface area (Å²) in [6.07, 6.45) is -0.137. The second-order valence-electron chi connectivity index (χ2n) is 8.73. The Balaban J connectivity index is 1.29. The number of nitrogens with one attached hydrogen (secondary N) is 2. The Morgan fingerprint density at radius 2 is 1.58 bits per heavy atom. The molecule has 8 heteroatoms. The van der Waals surface area contributed by atoms with Gasteiger partial charge in [-0.15, -0.1) is 0 Å². The SMILES string of the molecule is CC(NC(=O)OCC1c2ccccc2-c2ccccc21)C(C)C(=O)NOC(C(=O)O)C1CC1. The summed E-state index contributed by atoms with van der Waals surface area (Å²) in [4.78, 5) is 41.1. The third kappa shape index (κ3) is 5.01. The molecule has 3 unspecified atom stereocenters. The molecule has 0 spiro atoms. The van der Waals surface area contributed by atoms with E-state index >= 15 is 0 Å². The van der Waals surface area contributed by atoms with Gasteiger partial charge in [-0.1, -0.05) is 55.5 Å². The molecular formula is C25H28N2O6. The van der Waals surface area contributed by atoms with E-state index in [0.29, 0.717) is 0 Å². The minimum atomic E-state index is -1.10. The van der Waals surface area contributed by atoms with Crippen LogP contribution in [0.1, 0.15) is 43.7 Å². The number of carbonyl (C=O) groups excluding carboxylic acids is 2. The van der Waals surface area contributed by atoms with Crippen molar-refractivity contribution < 1.29 is 29.1 Å². The number of aliphatic carboxylic acids is 1. The minimum absolute atomic E-state index is 0.0528. The fourth-order valence-corrected chi connectivity index (χ4v) is 4.14. The van der Waals surface area contributed by atoms with Gasteiger partial charge in [0.1, 0.15) is 6.61 Å². The zero-order valence-corrected chi connectivity index (χ0v) is 18.6. The van der Waals surface area contributed by atoms with Crippen molar-refractivity contribution in [3.63, 3.8) is 0 Å². The van der Waals surface area contributed by atoms with Crippen LogP contribution >= 0.6 is 0 Å². The molecule has 33 heavy (non-hydrogen) atoms. The second kappa shape index (κ2) is 9.62. The van der Waals surface area contributed by atoms with Gasteiger partial charge in [-0.25, -0.2) is 15.1 Å². The zero-order valence-electron chi connectivity index (χ0n) is 18.6. The van der Waals surface area contributed by atoms with Gasteiger partial charge >= 0.3 is 12.1 Å². The highest BCUT2D eigenvalue weighted by atomic mass is 16.7. The average Bonchev–Trinajstić information content (AvgIpc) is 3.59. The molecule has 2 aromatic carbocycles. The number of amides is 2. The summed E-state index contributed by atoms with van der Waals surface area (Å²) in [5.41, 5.74) is 6.75. The lowest BCUT2D eigenvalue weighted by Crippen LogP contribution is -2.46. The number of carboxylic acids is 1. The standard InChI is InChI=1S/C25H28N2O6/c1-14(23(28)27-33-22(24(29)30)16-11-12-16)15(2)26-25(31)32-13-21-19-9-5-3-7-17(19)18-8-4-6-10-20(18)21/h3-10,14-16,21-22H,11-13H2,1-2H3,(H,26,31)(H,27,28)(H,29,30). The van der Waals surface area contributed by atoms with Crippen molar-refractivity contribution in [1.82, 2.24) is 10.8 Å². The highest BCUT2D eigenvalue weighted by molar-refractivity contribution is 5.80. The maximum absolute atomic E-state index is 12.4. The number of benzene rings is 2. The van der Waals surface area contributed by atoms with Crippen molar-refractivity contribution in [2.75, 3.05) is 6.61 Å². The van der Waals surface area contributed by atoms with E-state index in [2.05, 4.69) is 22.9 Å². The first-order chi connectivity index (χ1) is 15.9.